The second-order valence-corrected chi connectivity index (χ2v) is 7.85. The molecule has 1 amide bonds. The van der Waals surface area contributed by atoms with Gasteiger partial charge in [0, 0.05) is 18.0 Å². The number of carbonyl (C=O) groups excluding carboxylic acids is 1. The van der Waals surface area contributed by atoms with Crippen LogP contribution in [0.5, 0.6) is 0 Å². The second kappa shape index (κ2) is 6.08. The molecule has 4 atom stereocenters. The summed E-state index contributed by atoms with van der Waals surface area (Å²) in [5.74, 6) is 3.53. The molecule has 0 aromatic carbocycles. The van der Waals surface area contributed by atoms with E-state index in [4.69, 9.17) is 5.73 Å². The van der Waals surface area contributed by atoms with Gasteiger partial charge < -0.3 is 11.1 Å². The Hall–Kier alpha value is -0.280. The number of hydrogen-bond donors (Lipinski definition) is 2. The minimum atomic E-state index is 0. The van der Waals surface area contributed by atoms with Gasteiger partial charge in [-0.25, -0.2) is 0 Å². The lowest BCUT2D eigenvalue weighted by Gasteiger charge is -2.45. The molecule has 0 aromatic rings. The zero-order valence-electron chi connectivity index (χ0n) is 12.8. The van der Waals surface area contributed by atoms with Gasteiger partial charge in [-0.15, -0.1) is 12.4 Å². The van der Waals surface area contributed by atoms with Crippen LogP contribution in [-0.4, -0.2) is 18.0 Å². The Bertz CT molecular complexity index is 376. The molecule has 0 aliphatic heterocycles. The van der Waals surface area contributed by atoms with Crippen LogP contribution in [0.3, 0.4) is 0 Å². The normalized spacial score (nSPS) is 47.8. The third-order valence-electron chi connectivity index (χ3n) is 6.64. The molecule has 0 saturated heterocycles. The van der Waals surface area contributed by atoms with Gasteiger partial charge in [-0.05, 0) is 62.2 Å². The fraction of sp³-hybridized carbons (Fsp3) is 0.941. The lowest BCUT2D eigenvalue weighted by atomic mass is 9.67. The van der Waals surface area contributed by atoms with E-state index in [1.54, 1.807) is 0 Å². The van der Waals surface area contributed by atoms with E-state index in [-0.39, 0.29) is 12.4 Å². The van der Waals surface area contributed by atoms with Gasteiger partial charge in [-0.1, -0.05) is 19.3 Å². The maximum atomic E-state index is 12.6. The topological polar surface area (TPSA) is 55.1 Å². The highest BCUT2D eigenvalue weighted by molar-refractivity contribution is 5.85. The first-order valence-electron chi connectivity index (χ1n) is 8.80. The molecule has 4 saturated carbocycles. The number of hydrogen-bond acceptors (Lipinski definition) is 2. The van der Waals surface area contributed by atoms with Crippen LogP contribution in [0.15, 0.2) is 0 Å². The van der Waals surface area contributed by atoms with Crippen molar-refractivity contribution in [2.24, 2.45) is 35.3 Å². The molecular weight excluding hydrogens is 284 g/mol. The Labute approximate surface area is 134 Å². The van der Waals surface area contributed by atoms with E-state index in [2.05, 4.69) is 5.32 Å². The number of nitrogens with one attached hydrogen (secondary N) is 1. The molecule has 4 fully saturated rings. The van der Waals surface area contributed by atoms with Gasteiger partial charge in [0.25, 0.3) is 0 Å². The molecule has 0 spiro atoms. The van der Waals surface area contributed by atoms with Gasteiger partial charge in [0.2, 0.25) is 5.91 Å². The lowest BCUT2D eigenvalue weighted by Crippen LogP contribution is -2.54. The van der Waals surface area contributed by atoms with Gasteiger partial charge >= 0.3 is 0 Å². The van der Waals surface area contributed by atoms with Gasteiger partial charge in [0.05, 0.1) is 0 Å². The average Bonchev–Trinajstić information content (AvgIpc) is 3.14. The molecule has 3 N–H and O–H groups in total. The fourth-order valence-corrected chi connectivity index (χ4v) is 5.67. The molecule has 0 aromatic heterocycles. The molecule has 0 heterocycles. The zero-order chi connectivity index (χ0) is 13.7. The maximum Gasteiger partial charge on any atom is 0.223 e. The van der Waals surface area contributed by atoms with Crippen LogP contribution in [0.1, 0.15) is 57.8 Å². The minimum Gasteiger partial charge on any atom is -0.353 e. The monoisotopic (exact) mass is 312 g/mol. The predicted molar refractivity (Wildman–Crippen MR) is 86.2 cm³/mol. The van der Waals surface area contributed by atoms with Gasteiger partial charge in [-0.3, -0.25) is 4.79 Å². The summed E-state index contributed by atoms with van der Waals surface area (Å²) >= 11 is 0. The highest BCUT2D eigenvalue weighted by Gasteiger charge is 2.55. The molecular formula is C17H29ClN2O. The molecule has 4 aliphatic rings. The molecule has 4 rings (SSSR count). The van der Waals surface area contributed by atoms with Crippen molar-refractivity contribution in [2.75, 3.05) is 0 Å². The SMILES string of the molecule is Cl.NC1CC2CCCC(C1)C2NC(=O)C1C2CCCCC21. The second-order valence-electron chi connectivity index (χ2n) is 7.85. The van der Waals surface area contributed by atoms with Crippen molar-refractivity contribution in [3.05, 3.63) is 0 Å². The quantitative estimate of drug-likeness (QED) is 0.824. The van der Waals surface area contributed by atoms with E-state index in [0.29, 0.717) is 35.7 Å². The average molecular weight is 313 g/mol. The fourth-order valence-electron chi connectivity index (χ4n) is 5.67. The zero-order valence-corrected chi connectivity index (χ0v) is 13.6. The van der Waals surface area contributed by atoms with Gasteiger partial charge in [0.1, 0.15) is 0 Å². The van der Waals surface area contributed by atoms with Crippen molar-refractivity contribution in [3.8, 4) is 0 Å². The van der Waals surface area contributed by atoms with Crippen LogP contribution >= 0.6 is 12.4 Å². The summed E-state index contributed by atoms with van der Waals surface area (Å²) in [6.45, 7) is 0. The molecule has 21 heavy (non-hydrogen) atoms. The molecule has 0 radical (unpaired) electrons. The van der Waals surface area contributed by atoms with Crippen LogP contribution in [0.4, 0.5) is 0 Å². The molecule has 4 aliphatic carbocycles. The Morgan fingerprint density at radius 2 is 1.48 bits per heavy atom. The highest BCUT2D eigenvalue weighted by Crippen LogP contribution is 2.55. The van der Waals surface area contributed by atoms with E-state index < -0.39 is 0 Å². The maximum absolute atomic E-state index is 12.6. The van der Waals surface area contributed by atoms with Crippen LogP contribution in [0, 0.1) is 29.6 Å². The minimum absolute atomic E-state index is 0. The molecule has 120 valence electrons. The van der Waals surface area contributed by atoms with Gasteiger partial charge in [-0.2, -0.15) is 0 Å². The third kappa shape index (κ3) is 2.84. The van der Waals surface area contributed by atoms with E-state index in [1.807, 2.05) is 0 Å². The van der Waals surface area contributed by atoms with Crippen molar-refractivity contribution in [3.63, 3.8) is 0 Å². The highest BCUT2D eigenvalue weighted by atomic mass is 35.5. The van der Waals surface area contributed by atoms with E-state index in [9.17, 15) is 4.79 Å². The largest absolute Gasteiger partial charge is 0.353 e. The number of amides is 1. The standard InChI is InChI=1S/C17H28N2O.ClH/c18-12-8-10-4-3-5-11(9-12)16(10)19-17(20)15-13-6-1-2-7-14(13)15;/h10-16H,1-9,18H2,(H,19,20);1H. The summed E-state index contributed by atoms with van der Waals surface area (Å²) in [5.41, 5.74) is 6.17. The summed E-state index contributed by atoms with van der Waals surface area (Å²) < 4.78 is 0. The summed E-state index contributed by atoms with van der Waals surface area (Å²) in [7, 11) is 0. The Kier molecular flexibility index (Phi) is 4.52. The van der Waals surface area contributed by atoms with Crippen molar-refractivity contribution < 1.29 is 4.79 Å². The van der Waals surface area contributed by atoms with Crippen LogP contribution in [0.2, 0.25) is 0 Å². The predicted octanol–water partition coefficient (Wildman–Crippen LogP) is 2.87. The summed E-state index contributed by atoms with van der Waals surface area (Å²) in [4.78, 5) is 12.6. The third-order valence-corrected chi connectivity index (χ3v) is 6.64. The molecule has 2 bridgehead atoms. The number of carbonyl (C=O) groups is 1. The Balaban J connectivity index is 0.00000132. The van der Waals surface area contributed by atoms with E-state index in [1.165, 1.54) is 44.9 Å². The van der Waals surface area contributed by atoms with Crippen LogP contribution in [0.25, 0.3) is 0 Å². The first kappa shape index (κ1) is 15.6. The Morgan fingerprint density at radius 3 is 2.05 bits per heavy atom. The number of rotatable bonds is 2. The lowest BCUT2D eigenvalue weighted by molar-refractivity contribution is -0.125. The van der Waals surface area contributed by atoms with E-state index in [0.717, 1.165) is 24.7 Å². The number of halogens is 1. The van der Waals surface area contributed by atoms with Crippen molar-refractivity contribution in [2.45, 2.75) is 69.9 Å². The number of fused-ring (bicyclic) bond motifs is 3. The number of nitrogens with two attached hydrogens (primary N) is 1. The first-order chi connectivity index (χ1) is 9.74. The van der Waals surface area contributed by atoms with Crippen molar-refractivity contribution in [1.29, 1.82) is 0 Å². The smallest absolute Gasteiger partial charge is 0.223 e. The first-order valence-corrected chi connectivity index (χ1v) is 8.80. The summed E-state index contributed by atoms with van der Waals surface area (Å²) in [5, 5.41) is 3.47. The van der Waals surface area contributed by atoms with Crippen molar-refractivity contribution in [1.82, 2.24) is 5.32 Å². The van der Waals surface area contributed by atoms with E-state index >= 15 is 0 Å². The molecule has 4 heteroatoms. The van der Waals surface area contributed by atoms with Crippen molar-refractivity contribution >= 4 is 18.3 Å². The summed E-state index contributed by atoms with van der Waals surface area (Å²) in [6, 6.07) is 0.820. The van der Waals surface area contributed by atoms with Crippen LogP contribution < -0.4 is 11.1 Å². The Morgan fingerprint density at radius 1 is 0.905 bits per heavy atom. The molecule has 4 unspecified atom stereocenters. The van der Waals surface area contributed by atoms with Crippen LogP contribution in [-0.2, 0) is 4.79 Å². The van der Waals surface area contributed by atoms with Gasteiger partial charge in [0.15, 0.2) is 0 Å². The molecule has 3 nitrogen and oxygen atoms in total. The summed E-state index contributed by atoms with van der Waals surface area (Å²) in [6.07, 6.45) is 11.4.